The van der Waals surface area contributed by atoms with Gasteiger partial charge in [-0.25, -0.2) is 0 Å². The topological polar surface area (TPSA) is 29.3 Å². The van der Waals surface area contributed by atoms with Crippen LogP contribution < -0.4 is 5.73 Å². The third kappa shape index (κ3) is 6.27. The molecule has 0 amide bonds. The van der Waals surface area contributed by atoms with Gasteiger partial charge < -0.3 is 5.73 Å². The van der Waals surface area contributed by atoms with Crippen LogP contribution in [-0.4, -0.2) is 18.0 Å². The molecule has 1 aliphatic rings. The first-order valence-electron chi connectivity index (χ1n) is 9.75. The molecule has 1 saturated carbocycles. The van der Waals surface area contributed by atoms with E-state index in [9.17, 15) is 0 Å². The molecule has 0 spiro atoms. The number of nitrogens with two attached hydrogens (primary N) is 1. The fourth-order valence-electron chi connectivity index (χ4n) is 3.89. The van der Waals surface area contributed by atoms with Gasteiger partial charge in [0.1, 0.15) is 0 Å². The van der Waals surface area contributed by atoms with E-state index >= 15 is 0 Å². The molecule has 0 atom stereocenters. The second-order valence-electron chi connectivity index (χ2n) is 7.40. The lowest BCUT2D eigenvalue weighted by atomic mass is 9.88. The first-order chi connectivity index (χ1) is 11.2. The summed E-state index contributed by atoms with van der Waals surface area (Å²) in [6.45, 7) is 8.95. The molecule has 2 nitrogen and oxygen atoms in total. The summed E-state index contributed by atoms with van der Waals surface area (Å²) in [6.07, 6.45) is 9.79. The van der Waals surface area contributed by atoms with Gasteiger partial charge in [0.05, 0.1) is 0 Å². The molecule has 1 aromatic rings. The molecule has 2 heteroatoms. The Morgan fingerprint density at radius 1 is 1.00 bits per heavy atom. The van der Waals surface area contributed by atoms with Crippen molar-refractivity contribution >= 4 is 0 Å². The third-order valence-corrected chi connectivity index (χ3v) is 5.58. The van der Waals surface area contributed by atoms with Crippen LogP contribution in [0.3, 0.4) is 0 Å². The molecule has 23 heavy (non-hydrogen) atoms. The van der Waals surface area contributed by atoms with Crippen LogP contribution >= 0.6 is 0 Å². The van der Waals surface area contributed by atoms with Gasteiger partial charge in [0.2, 0.25) is 0 Å². The average Bonchev–Trinajstić information content (AvgIpc) is 2.61. The zero-order chi connectivity index (χ0) is 16.5. The van der Waals surface area contributed by atoms with E-state index in [1.54, 1.807) is 0 Å². The van der Waals surface area contributed by atoms with E-state index in [0.29, 0.717) is 6.54 Å². The molecule has 130 valence electrons. The second-order valence-corrected chi connectivity index (χ2v) is 7.40. The summed E-state index contributed by atoms with van der Waals surface area (Å²) in [6, 6.07) is 8.91. The molecule has 2 rings (SSSR count). The molecule has 0 saturated heterocycles. The van der Waals surface area contributed by atoms with E-state index in [-0.39, 0.29) is 0 Å². The molecule has 0 unspecified atom stereocenters. The lowest BCUT2D eigenvalue weighted by Gasteiger charge is -2.32. The Kier molecular flexibility index (Phi) is 8.11. The van der Waals surface area contributed by atoms with Crippen molar-refractivity contribution in [2.75, 3.05) is 13.1 Å². The van der Waals surface area contributed by atoms with Gasteiger partial charge in [-0.05, 0) is 35.8 Å². The van der Waals surface area contributed by atoms with Crippen LogP contribution in [0.15, 0.2) is 24.3 Å². The van der Waals surface area contributed by atoms with E-state index in [0.717, 1.165) is 18.4 Å². The molecule has 1 fully saturated rings. The van der Waals surface area contributed by atoms with Gasteiger partial charge in [-0.1, -0.05) is 70.2 Å². The predicted molar refractivity (Wildman–Crippen MR) is 100 cm³/mol. The first kappa shape index (κ1) is 18.5. The van der Waals surface area contributed by atoms with Gasteiger partial charge in [0.15, 0.2) is 0 Å². The summed E-state index contributed by atoms with van der Waals surface area (Å²) in [5, 5.41) is 0. The zero-order valence-corrected chi connectivity index (χ0v) is 15.3. The number of hydrogen-bond acceptors (Lipinski definition) is 2. The smallest absolute Gasteiger partial charge is 0.0233 e. The van der Waals surface area contributed by atoms with Crippen molar-refractivity contribution in [3.63, 3.8) is 0 Å². The monoisotopic (exact) mass is 316 g/mol. The summed E-state index contributed by atoms with van der Waals surface area (Å²) in [5.74, 6) is 1.75. The maximum absolute atomic E-state index is 5.72. The molecule has 1 aliphatic carbocycles. The van der Waals surface area contributed by atoms with Crippen molar-refractivity contribution in [2.24, 2.45) is 17.6 Å². The number of benzene rings is 1. The highest BCUT2D eigenvalue weighted by Crippen LogP contribution is 2.26. The van der Waals surface area contributed by atoms with Crippen LogP contribution in [-0.2, 0) is 13.1 Å². The fourth-order valence-corrected chi connectivity index (χ4v) is 3.89. The lowest BCUT2D eigenvalue weighted by Crippen LogP contribution is -2.34. The molecule has 0 radical (unpaired) electrons. The van der Waals surface area contributed by atoms with Crippen LogP contribution in [0.5, 0.6) is 0 Å². The molecular weight excluding hydrogens is 280 g/mol. The van der Waals surface area contributed by atoms with Crippen LogP contribution in [0.2, 0.25) is 0 Å². The molecule has 0 heterocycles. The maximum Gasteiger partial charge on any atom is 0.0233 e. The van der Waals surface area contributed by atoms with Crippen molar-refractivity contribution in [2.45, 2.75) is 71.9 Å². The van der Waals surface area contributed by atoms with Crippen molar-refractivity contribution in [3.05, 3.63) is 35.4 Å². The molecule has 2 N–H and O–H groups in total. The number of rotatable bonds is 9. The summed E-state index contributed by atoms with van der Waals surface area (Å²) in [5.41, 5.74) is 8.38. The van der Waals surface area contributed by atoms with Crippen molar-refractivity contribution in [3.8, 4) is 0 Å². The molecule has 0 bridgehead atoms. The van der Waals surface area contributed by atoms with E-state index in [4.69, 9.17) is 5.73 Å². The number of hydrogen-bond donors (Lipinski definition) is 1. The minimum atomic E-state index is 0.639. The Hall–Kier alpha value is -0.860. The van der Waals surface area contributed by atoms with Crippen molar-refractivity contribution in [1.82, 2.24) is 4.90 Å². The van der Waals surface area contributed by atoms with E-state index in [1.807, 2.05) is 0 Å². The Morgan fingerprint density at radius 3 is 2.17 bits per heavy atom. The van der Waals surface area contributed by atoms with E-state index < -0.39 is 0 Å². The Morgan fingerprint density at radius 2 is 1.61 bits per heavy atom. The fraction of sp³-hybridized carbons (Fsp3) is 0.714. The highest BCUT2D eigenvalue weighted by atomic mass is 15.1. The Balaban J connectivity index is 1.98. The standard InChI is InChI=1S/C21H36N2/c1-3-18(4-2)15-23(16-20-8-6-5-7-9-20)17-21-12-10-19(14-22)11-13-21/h10-13,18,20H,3-9,14-17,22H2,1-2H3. The first-order valence-corrected chi connectivity index (χ1v) is 9.75. The van der Waals surface area contributed by atoms with Crippen molar-refractivity contribution in [1.29, 1.82) is 0 Å². The average molecular weight is 317 g/mol. The van der Waals surface area contributed by atoms with Crippen LogP contribution in [0.1, 0.15) is 69.9 Å². The van der Waals surface area contributed by atoms with Crippen LogP contribution in [0, 0.1) is 11.8 Å². The summed E-state index contributed by atoms with van der Waals surface area (Å²) in [4.78, 5) is 2.73. The maximum atomic E-state index is 5.72. The van der Waals surface area contributed by atoms with Crippen LogP contribution in [0.4, 0.5) is 0 Å². The van der Waals surface area contributed by atoms with Crippen molar-refractivity contribution < 1.29 is 0 Å². The molecular formula is C21H36N2. The molecule has 1 aromatic carbocycles. The Bertz CT molecular complexity index is 416. The minimum absolute atomic E-state index is 0.639. The third-order valence-electron chi connectivity index (χ3n) is 5.58. The molecule has 0 aromatic heterocycles. The minimum Gasteiger partial charge on any atom is -0.326 e. The van der Waals surface area contributed by atoms with Gasteiger partial charge in [-0.2, -0.15) is 0 Å². The largest absolute Gasteiger partial charge is 0.326 e. The van der Waals surface area contributed by atoms with Gasteiger partial charge in [0.25, 0.3) is 0 Å². The summed E-state index contributed by atoms with van der Waals surface area (Å²) in [7, 11) is 0. The van der Waals surface area contributed by atoms with Gasteiger partial charge in [0, 0.05) is 26.2 Å². The predicted octanol–water partition coefficient (Wildman–Crippen LogP) is 4.96. The Labute approximate surface area is 143 Å². The summed E-state index contributed by atoms with van der Waals surface area (Å²) >= 11 is 0. The van der Waals surface area contributed by atoms with E-state index in [2.05, 4.69) is 43.0 Å². The SMILES string of the molecule is CCC(CC)CN(Cc1ccc(CN)cc1)CC1CCCCC1. The van der Waals surface area contributed by atoms with E-state index in [1.165, 1.54) is 69.2 Å². The molecule has 0 aliphatic heterocycles. The van der Waals surface area contributed by atoms with Gasteiger partial charge >= 0.3 is 0 Å². The zero-order valence-electron chi connectivity index (χ0n) is 15.3. The number of nitrogens with zero attached hydrogens (tertiary/aromatic N) is 1. The van der Waals surface area contributed by atoms with Gasteiger partial charge in [-0.3, -0.25) is 4.90 Å². The van der Waals surface area contributed by atoms with Gasteiger partial charge in [-0.15, -0.1) is 0 Å². The summed E-state index contributed by atoms with van der Waals surface area (Å²) < 4.78 is 0. The lowest BCUT2D eigenvalue weighted by molar-refractivity contribution is 0.165. The second kappa shape index (κ2) is 10.1. The normalized spacial score (nSPS) is 16.4. The highest BCUT2D eigenvalue weighted by molar-refractivity contribution is 5.22. The quantitative estimate of drug-likeness (QED) is 0.697. The highest BCUT2D eigenvalue weighted by Gasteiger charge is 2.19. The van der Waals surface area contributed by atoms with Crippen LogP contribution in [0.25, 0.3) is 0 Å².